The minimum atomic E-state index is -1.26. The zero-order chi connectivity index (χ0) is 11.8. The highest BCUT2D eigenvalue weighted by Crippen LogP contribution is 2.09. The summed E-state index contributed by atoms with van der Waals surface area (Å²) >= 11 is 3.12. The lowest BCUT2D eigenvalue weighted by Gasteiger charge is -1.85. The van der Waals surface area contributed by atoms with E-state index in [2.05, 4.69) is 22.5 Å². The molecule has 1 N–H and O–H groups in total. The maximum Gasteiger partial charge on any atom is 0.345 e. The molecule has 0 amide bonds. The minimum absolute atomic E-state index is 0.209. The molecule has 15 heavy (non-hydrogen) atoms. The van der Waals surface area contributed by atoms with E-state index in [9.17, 15) is 9.18 Å². The molecule has 0 heterocycles. The molecule has 0 radical (unpaired) electrons. The van der Waals surface area contributed by atoms with Crippen LogP contribution in [0.1, 0.15) is 0 Å². The van der Waals surface area contributed by atoms with Gasteiger partial charge >= 0.3 is 5.97 Å². The molecule has 0 saturated carbocycles. The van der Waals surface area contributed by atoms with Crippen molar-refractivity contribution in [3.05, 3.63) is 46.7 Å². The maximum absolute atomic E-state index is 12.1. The van der Waals surface area contributed by atoms with Crippen LogP contribution in [0.25, 0.3) is 0 Å². The topological polar surface area (TPSA) is 61.1 Å². The Bertz CT molecular complexity index is 395. The van der Waals surface area contributed by atoms with Gasteiger partial charge in [0.2, 0.25) is 0 Å². The van der Waals surface area contributed by atoms with Gasteiger partial charge in [0.1, 0.15) is 17.5 Å². The Kier molecular flexibility index (Phi) is 5.99. The van der Waals surface area contributed by atoms with Gasteiger partial charge in [-0.05, 0) is 18.2 Å². The fraction of sp³-hybridized carbons (Fsp3) is 0. The zero-order valence-corrected chi connectivity index (χ0v) is 9.16. The van der Waals surface area contributed by atoms with Gasteiger partial charge < -0.3 is 5.11 Å². The fourth-order valence-electron chi connectivity index (χ4n) is 0.508. The van der Waals surface area contributed by atoms with Crippen molar-refractivity contribution in [3.8, 4) is 6.07 Å². The van der Waals surface area contributed by atoms with Crippen molar-refractivity contribution in [2.24, 2.45) is 0 Å². The molecule has 5 heteroatoms. The Morgan fingerprint density at radius 2 is 2.20 bits per heavy atom. The monoisotopic (exact) mass is 271 g/mol. The number of benzene rings is 1. The molecule has 1 rings (SSSR count). The smallest absolute Gasteiger partial charge is 0.345 e. The van der Waals surface area contributed by atoms with Gasteiger partial charge in [0.25, 0.3) is 0 Å². The van der Waals surface area contributed by atoms with Crippen LogP contribution in [0.15, 0.2) is 40.9 Å². The summed E-state index contributed by atoms with van der Waals surface area (Å²) in [6.45, 7) is 2.91. The second-order valence-electron chi connectivity index (χ2n) is 2.34. The van der Waals surface area contributed by atoms with E-state index in [1.165, 1.54) is 18.2 Å². The molecule has 78 valence electrons. The average molecular weight is 272 g/mol. The number of halogens is 2. The second kappa shape index (κ2) is 6.74. The van der Waals surface area contributed by atoms with Crippen molar-refractivity contribution in [2.45, 2.75) is 0 Å². The fourth-order valence-corrected chi connectivity index (χ4v) is 0.879. The summed E-state index contributed by atoms with van der Waals surface area (Å²) in [6, 6.07) is 7.63. The van der Waals surface area contributed by atoms with E-state index in [-0.39, 0.29) is 5.82 Å². The normalized spacial score (nSPS) is 8.07. The third-order valence-electron chi connectivity index (χ3n) is 1.18. The maximum atomic E-state index is 12.1. The van der Waals surface area contributed by atoms with Crippen LogP contribution in [0, 0.1) is 17.1 Å². The Morgan fingerprint density at radius 3 is 2.40 bits per heavy atom. The van der Waals surface area contributed by atoms with Crippen LogP contribution in [0.2, 0.25) is 0 Å². The Labute approximate surface area is 94.6 Å². The summed E-state index contributed by atoms with van der Waals surface area (Å²) in [5.74, 6) is -1.47. The average Bonchev–Trinajstić information content (AvgIpc) is 2.17. The van der Waals surface area contributed by atoms with Crippen LogP contribution in [0.5, 0.6) is 0 Å². The van der Waals surface area contributed by atoms with Gasteiger partial charge in [0, 0.05) is 4.47 Å². The van der Waals surface area contributed by atoms with Crippen molar-refractivity contribution >= 4 is 21.9 Å². The van der Waals surface area contributed by atoms with E-state index in [0.717, 1.165) is 4.47 Å². The highest BCUT2D eigenvalue weighted by molar-refractivity contribution is 9.10. The van der Waals surface area contributed by atoms with Gasteiger partial charge in [-0.2, -0.15) is 5.26 Å². The summed E-state index contributed by atoms with van der Waals surface area (Å²) in [4.78, 5) is 9.61. The Balaban J connectivity index is 0.000000265. The van der Waals surface area contributed by atoms with E-state index in [0.29, 0.717) is 0 Å². The van der Waals surface area contributed by atoms with E-state index in [1.54, 1.807) is 12.1 Å². The van der Waals surface area contributed by atoms with Crippen molar-refractivity contribution in [1.29, 1.82) is 5.26 Å². The third kappa shape index (κ3) is 6.41. The highest BCUT2D eigenvalue weighted by atomic mass is 79.9. The number of rotatable bonds is 1. The standard InChI is InChI=1S/C6H4BrF.C4H3NO2/c7-5-2-1-3-6(8)4-5;1-3(2-5)4(6)7/h1-4H;1H2,(H,6,7). The van der Waals surface area contributed by atoms with Crippen LogP contribution in [-0.2, 0) is 4.79 Å². The summed E-state index contributed by atoms with van der Waals surface area (Å²) in [6.07, 6.45) is 0. The van der Waals surface area contributed by atoms with Crippen LogP contribution < -0.4 is 0 Å². The predicted molar refractivity (Wildman–Crippen MR) is 56.5 cm³/mol. The number of carboxylic acids is 1. The Morgan fingerprint density at radius 1 is 1.60 bits per heavy atom. The van der Waals surface area contributed by atoms with E-state index >= 15 is 0 Å². The number of nitrogens with zero attached hydrogens (tertiary/aromatic N) is 1. The SMILES string of the molecule is C=C(C#N)C(=O)O.Fc1cccc(Br)c1. The molecule has 1 aromatic carbocycles. The van der Waals surface area contributed by atoms with Gasteiger partial charge in [0.05, 0.1) is 0 Å². The lowest BCUT2D eigenvalue weighted by Crippen LogP contribution is -1.94. The van der Waals surface area contributed by atoms with Crippen LogP contribution in [-0.4, -0.2) is 11.1 Å². The molecule has 3 nitrogen and oxygen atoms in total. The van der Waals surface area contributed by atoms with Crippen molar-refractivity contribution in [3.63, 3.8) is 0 Å². The molecule has 0 aliphatic rings. The largest absolute Gasteiger partial charge is 0.477 e. The van der Waals surface area contributed by atoms with Crippen LogP contribution >= 0.6 is 15.9 Å². The molecule has 0 unspecified atom stereocenters. The molecule has 0 aromatic heterocycles. The predicted octanol–water partition coefficient (Wildman–Crippen LogP) is 2.74. The summed E-state index contributed by atoms with van der Waals surface area (Å²) < 4.78 is 12.9. The van der Waals surface area contributed by atoms with E-state index < -0.39 is 11.5 Å². The summed E-state index contributed by atoms with van der Waals surface area (Å²) in [7, 11) is 0. The molecular weight excluding hydrogens is 265 g/mol. The van der Waals surface area contributed by atoms with Gasteiger partial charge in [-0.25, -0.2) is 9.18 Å². The lowest BCUT2D eigenvalue weighted by molar-refractivity contribution is -0.132. The molecule has 0 saturated heterocycles. The van der Waals surface area contributed by atoms with Crippen LogP contribution in [0.3, 0.4) is 0 Å². The Hall–Kier alpha value is -1.67. The molecule has 0 fully saturated rings. The highest BCUT2D eigenvalue weighted by Gasteiger charge is 1.97. The van der Waals surface area contributed by atoms with Gasteiger partial charge in [0.15, 0.2) is 0 Å². The number of carboxylic acid groups (broad SMARTS) is 1. The van der Waals surface area contributed by atoms with E-state index in [4.69, 9.17) is 10.4 Å². The lowest BCUT2D eigenvalue weighted by atomic mass is 10.4. The molecule has 0 spiro atoms. The first kappa shape index (κ1) is 13.3. The minimum Gasteiger partial charge on any atom is -0.477 e. The first-order valence-electron chi connectivity index (χ1n) is 3.70. The number of hydrogen-bond donors (Lipinski definition) is 1. The van der Waals surface area contributed by atoms with Crippen LogP contribution in [0.4, 0.5) is 4.39 Å². The van der Waals surface area contributed by atoms with Crippen molar-refractivity contribution < 1.29 is 14.3 Å². The van der Waals surface area contributed by atoms with E-state index in [1.807, 2.05) is 0 Å². The molecular formula is C10H7BrFNO2. The first-order valence-corrected chi connectivity index (χ1v) is 4.50. The van der Waals surface area contributed by atoms with Crippen molar-refractivity contribution in [1.82, 2.24) is 0 Å². The molecule has 1 aromatic rings. The zero-order valence-electron chi connectivity index (χ0n) is 7.58. The molecule has 0 bridgehead atoms. The molecule has 0 aliphatic heterocycles. The second-order valence-corrected chi connectivity index (χ2v) is 3.25. The quantitative estimate of drug-likeness (QED) is 0.631. The number of hydrogen-bond acceptors (Lipinski definition) is 2. The number of aliphatic carboxylic acids is 1. The van der Waals surface area contributed by atoms with Crippen molar-refractivity contribution in [2.75, 3.05) is 0 Å². The first-order chi connectivity index (χ1) is 6.97. The summed E-state index contributed by atoms with van der Waals surface area (Å²) in [5, 5.41) is 15.6. The molecule has 0 aliphatic carbocycles. The number of nitriles is 1. The third-order valence-corrected chi connectivity index (χ3v) is 1.67. The summed E-state index contributed by atoms with van der Waals surface area (Å²) in [5.41, 5.74) is -0.431. The van der Waals surface area contributed by atoms with Gasteiger partial charge in [-0.15, -0.1) is 0 Å². The van der Waals surface area contributed by atoms with Gasteiger partial charge in [-0.3, -0.25) is 0 Å². The van der Waals surface area contributed by atoms with Gasteiger partial charge in [-0.1, -0.05) is 28.6 Å². The molecule has 0 atom stereocenters. The number of carbonyl (C=O) groups is 1.